The minimum Gasteiger partial charge on any atom is -0.379 e. The Labute approximate surface area is 155 Å². The maximum absolute atomic E-state index is 12.7. The lowest BCUT2D eigenvalue weighted by molar-refractivity contribution is 0.00672. The average Bonchev–Trinajstić information content (AvgIpc) is 3.04. The van der Waals surface area contributed by atoms with Crippen molar-refractivity contribution < 1.29 is 9.53 Å². The topological polar surface area (TPSA) is 59.4 Å². The van der Waals surface area contributed by atoms with Crippen molar-refractivity contribution >= 4 is 5.91 Å². The summed E-state index contributed by atoms with van der Waals surface area (Å²) in [5, 5.41) is 7.50. The maximum Gasteiger partial charge on any atom is 0.254 e. The van der Waals surface area contributed by atoms with E-state index in [9.17, 15) is 4.79 Å². The Kier molecular flexibility index (Phi) is 6.06. The Balaban J connectivity index is 1.67. The largest absolute Gasteiger partial charge is 0.379 e. The number of ether oxygens (including phenoxy) is 1. The summed E-state index contributed by atoms with van der Waals surface area (Å²) in [6.45, 7) is 10.3. The molecule has 2 aromatic rings. The van der Waals surface area contributed by atoms with Crippen LogP contribution in [0.4, 0.5) is 0 Å². The van der Waals surface area contributed by atoms with Gasteiger partial charge in [-0.25, -0.2) is 4.68 Å². The molecule has 1 N–H and O–H groups in total. The van der Waals surface area contributed by atoms with E-state index in [1.165, 1.54) is 0 Å². The first kappa shape index (κ1) is 18.6. The lowest BCUT2D eigenvalue weighted by Gasteiger charge is -2.36. The van der Waals surface area contributed by atoms with E-state index in [4.69, 9.17) is 4.74 Å². The molecule has 3 rings (SSSR count). The zero-order valence-electron chi connectivity index (χ0n) is 15.8. The van der Waals surface area contributed by atoms with Crippen LogP contribution in [0.3, 0.4) is 0 Å². The van der Waals surface area contributed by atoms with Gasteiger partial charge < -0.3 is 10.1 Å². The molecule has 1 saturated heterocycles. The number of carbonyl (C=O) groups excluding carboxylic acids is 1. The van der Waals surface area contributed by atoms with E-state index >= 15 is 0 Å². The zero-order chi connectivity index (χ0) is 18.5. The predicted molar refractivity (Wildman–Crippen MR) is 102 cm³/mol. The van der Waals surface area contributed by atoms with Crippen molar-refractivity contribution in [1.82, 2.24) is 20.0 Å². The number of nitrogens with one attached hydrogen (secondary N) is 1. The quantitative estimate of drug-likeness (QED) is 0.863. The second-order valence-electron chi connectivity index (χ2n) is 7.06. The molecule has 0 aliphatic carbocycles. The molecular weight excluding hydrogens is 328 g/mol. The van der Waals surface area contributed by atoms with E-state index in [-0.39, 0.29) is 5.91 Å². The number of nitrogens with zero attached hydrogens (tertiary/aromatic N) is 3. The molecule has 2 heterocycles. The summed E-state index contributed by atoms with van der Waals surface area (Å²) in [5.74, 6) is 0.394. The molecule has 1 fully saturated rings. The van der Waals surface area contributed by atoms with Crippen LogP contribution in [0.15, 0.2) is 36.5 Å². The Hall–Kier alpha value is -2.18. The summed E-state index contributed by atoms with van der Waals surface area (Å²) >= 11 is 0. The average molecular weight is 356 g/mol. The van der Waals surface area contributed by atoms with Gasteiger partial charge in [-0.1, -0.05) is 32.0 Å². The lowest BCUT2D eigenvalue weighted by atomic mass is 10.0. The Morgan fingerprint density at radius 3 is 2.58 bits per heavy atom. The summed E-state index contributed by atoms with van der Waals surface area (Å²) in [7, 11) is 0. The van der Waals surface area contributed by atoms with Gasteiger partial charge in [0.2, 0.25) is 0 Å². The molecule has 6 nitrogen and oxygen atoms in total. The van der Waals surface area contributed by atoms with E-state index in [1.807, 2.05) is 37.3 Å². The number of morpholine rings is 1. The molecule has 0 radical (unpaired) electrons. The molecule has 0 saturated carbocycles. The van der Waals surface area contributed by atoms with Crippen molar-refractivity contribution in [3.8, 4) is 5.69 Å². The second-order valence-corrected chi connectivity index (χ2v) is 7.06. The first-order valence-corrected chi connectivity index (χ1v) is 9.28. The first-order valence-electron chi connectivity index (χ1n) is 9.28. The number of aromatic nitrogens is 2. The van der Waals surface area contributed by atoms with Crippen LogP contribution in [0.25, 0.3) is 5.69 Å². The Morgan fingerprint density at radius 2 is 1.92 bits per heavy atom. The number of hydrogen-bond acceptors (Lipinski definition) is 4. The third-order valence-electron chi connectivity index (χ3n) is 5.01. The smallest absolute Gasteiger partial charge is 0.254 e. The van der Waals surface area contributed by atoms with Crippen LogP contribution in [0.2, 0.25) is 0 Å². The highest BCUT2D eigenvalue weighted by molar-refractivity contribution is 5.95. The van der Waals surface area contributed by atoms with Crippen LogP contribution in [-0.4, -0.2) is 59.5 Å². The minimum absolute atomic E-state index is 0.0661. The van der Waals surface area contributed by atoms with Gasteiger partial charge in [0.15, 0.2) is 0 Å². The van der Waals surface area contributed by atoms with E-state index in [2.05, 4.69) is 29.2 Å². The van der Waals surface area contributed by atoms with Crippen molar-refractivity contribution in [2.45, 2.75) is 26.8 Å². The van der Waals surface area contributed by atoms with Gasteiger partial charge in [0, 0.05) is 25.7 Å². The van der Waals surface area contributed by atoms with Crippen molar-refractivity contribution in [2.24, 2.45) is 5.92 Å². The summed E-state index contributed by atoms with van der Waals surface area (Å²) < 4.78 is 7.25. The SMILES string of the molecule is Cc1c(C(=O)NCC(C(C)C)N2CCOCC2)cnn1-c1ccccc1. The van der Waals surface area contributed by atoms with E-state index in [1.54, 1.807) is 10.9 Å². The molecule has 1 amide bonds. The van der Waals surface area contributed by atoms with Crippen molar-refractivity contribution in [2.75, 3.05) is 32.8 Å². The van der Waals surface area contributed by atoms with Crippen LogP contribution >= 0.6 is 0 Å². The fourth-order valence-corrected chi connectivity index (χ4v) is 3.45. The van der Waals surface area contributed by atoms with Crippen LogP contribution in [0.5, 0.6) is 0 Å². The molecule has 140 valence electrons. The molecule has 1 aromatic heterocycles. The van der Waals surface area contributed by atoms with Gasteiger partial charge in [-0.2, -0.15) is 5.10 Å². The molecule has 1 atom stereocenters. The Bertz CT molecular complexity index is 721. The predicted octanol–water partition coefficient (Wildman–Crippen LogP) is 2.27. The number of carbonyl (C=O) groups is 1. The summed E-state index contributed by atoms with van der Waals surface area (Å²) in [6, 6.07) is 10.2. The number of hydrogen-bond donors (Lipinski definition) is 1. The van der Waals surface area contributed by atoms with Crippen molar-refractivity contribution in [1.29, 1.82) is 0 Å². The molecule has 1 aliphatic rings. The van der Waals surface area contributed by atoms with E-state index < -0.39 is 0 Å². The van der Waals surface area contributed by atoms with E-state index in [0.29, 0.717) is 24.1 Å². The number of rotatable bonds is 6. The van der Waals surface area contributed by atoms with Crippen molar-refractivity contribution in [3.63, 3.8) is 0 Å². The van der Waals surface area contributed by atoms with Gasteiger partial charge in [0.25, 0.3) is 5.91 Å². The third kappa shape index (κ3) is 4.14. The summed E-state index contributed by atoms with van der Waals surface area (Å²) in [6.07, 6.45) is 1.65. The van der Waals surface area contributed by atoms with Crippen LogP contribution in [-0.2, 0) is 4.74 Å². The molecule has 1 unspecified atom stereocenters. The summed E-state index contributed by atoms with van der Waals surface area (Å²) in [4.78, 5) is 15.1. The fourth-order valence-electron chi connectivity index (χ4n) is 3.45. The highest BCUT2D eigenvalue weighted by atomic mass is 16.5. The van der Waals surface area contributed by atoms with Gasteiger partial charge in [-0.05, 0) is 25.0 Å². The van der Waals surface area contributed by atoms with Crippen LogP contribution in [0.1, 0.15) is 29.9 Å². The molecule has 0 spiro atoms. The molecule has 26 heavy (non-hydrogen) atoms. The zero-order valence-corrected chi connectivity index (χ0v) is 15.8. The normalized spacial score (nSPS) is 16.6. The fraction of sp³-hybridized carbons (Fsp3) is 0.500. The molecular formula is C20H28N4O2. The van der Waals surface area contributed by atoms with Gasteiger partial charge >= 0.3 is 0 Å². The minimum atomic E-state index is -0.0661. The standard InChI is InChI=1S/C20H28N4O2/c1-15(2)19(23-9-11-26-12-10-23)14-21-20(25)18-13-22-24(16(18)3)17-7-5-4-6-8-17/h4-8,13,15,19H,9-12,14H2,1-3H3,(H,21,25). The molecule has 6 heteroatoms. The van der Waals surface area contributed by atoms with Gasteiger partial charge in [-0.15, -0.1) is 0 Å². The third-order valence-corrected chi connectivity index (χ3v) is 5.01. The van der Waals surface area contributed by atoms with Crippen LogP contribution in [0, 0.1) is 12.8 Å². The highest BCUT2D eigenvalue weighted by Crippen LogP contribution is 2.15. The van der Waals surface area contributed by atoms with Gasteiger partial charge in [-0.3, -0.25) is 9.69 Å². The first-order chi connectivity index (χ1) is 12.6. The monoisotopic (exact) mass is 356 g/mol. The van der Waals surface area contributed by atoms with Crippen LogP contribution < -0.4 is 5.32 Å². The van der Waals surface area contributed by atoms with Crippen molar-refractivity contribution in [3.05, 3.63) is 47.8 Å². The molecule has 1 aliphatic heterocycles. The number of amides is 1. The molecule has 0 bridgehead atoms. The Morgan fingerprint density at radius 1 is 1.23 bits per heavy atom. The number of para-hydroxylation sites is 1. The lowest BCUT2D eigenvalue weighted by Crippen LogP contribution is -2.51. The van der Waals surface area contributed by atoms with Gasteiger partial charge in [0.1, 0.15) is 0 Å². The number of benzene rings is 1. The summed E-state index contributed by atoms with van der Waals surface area (Å²) in [5.41, 5.74) is 2.43. The van der Waals surface area contributed by atoms with E-state index in [0.717, 1.165) is 37.7 Å². The highest BCUT2D eigenvalue weighted by Gasteiger charge is 2.25. The molecule has 1 aromatic carbocycles. The van der Waals surface area contributed by atoms with Gasteiger partial charge in [0.05, 0.1) is 36.4 Å². The second kappa shape index (κ2) is 8.47. The maximum atomic E-state index is 12.7.